The number of aliphatic carboxylic acids is 1. The molecular formula is C22H27ClN2O5. The van der Waals surface area contributed by atoms with Gasteiger partial charge in [0.25, 0.3) is 5.91 Å². The first-order valence-corrected chi connectivity index (χ1v) is 10.4. The molecule has 3 N–H and O–H groups in total. The third-order valence-electron chi connectivity index (χ3n) is 6.13. The Bertz CT molecular complexity index is 909. The van der Waals surface area contributed by atoms with Crippen molar-refractivity contribution >= 4 is 29.4 Å². The lowest BCUT2D eigenvalue weighted by Crippen LogP contribution is -2.51. The van der Waals surface area contributed by atoms with Crippen molar-refractivity contribution in [3.05, 3.63) is 39.9 Å². The van der Waals surface area contributed by atoms with E-state index in [2.05, 4.69) is 10.9 Å². The van der Waals surface area contributed by atoms with Gasteiger partial charge in [0.1, 0.15) is 5.75 Å². The van der Waals surface area contributed by atoms with Gasteiger partial charge in [-0.2, -0.15) is 0 Å². The zero-order valence-corrected chi connectivity index (χ0v) is 18.2. The van der Waals surface area contributed by atoms with Gasteiger partial charge in [-0.1, -0.05) is 22.7 Å². The molecule has 1 aromatic rings. The van der Waals surface area contributed by atoms with Crippen LogP contribution in [0.5, 0.6) is 5.75 Å². The Morgan fingerprint density at radius 3 is 2.33 bits per heavy atom. The van der Waals surface area contributed by atoms with E-state index < -0.39 is 35.7 Å². The summed E-state index contributed by atoms with van der Waals surface area (Å²) in [6, 6.07) is 5.07. The van der Waals surface area contributed by atoms with Crippen molar-refractivity contribution in [3.8, 4) is 5.75 Å². The number of carboxylic acid groups (broad SMARTS) is 1. The molecule has 8 heteroatoms. The lowest BCUT2D eigenvalue weighted by atomic mass is 9.79. The molecular weight excluding hydrogens is 408 g/mol. The number of hydrogen-bond acceptors (Lipinski definition) is 4. The average molecular weight is 435 g/mol. The van der Waals surface area contributed by atoms with Crippen molar-refractivity contribution in [2.24, 2.45) is 23.7 Å². The molecule has 0 heterocycles. The number of ether oxygens (including phenoxy) is 1. The van der Waals surface area contributed by atoms with Gasteiger partial charge in [0.05, 0.1) is 11.8 Å². The van der Waals surface area contributed by atoms with Gasteiger partial charge >= 0.3 is 5.97 Å². The molecule has 2 fully saturated rings. The number of hydrazine groups is 1. The standard InChI is InChI=1S/C22H27ClN2O5/c1-10(2)17-14-6-7-15(17)19(22(28)29)18(14)21(27)25-24-20(26)12(4)30-16-8-5-13(23)9-11(16)3/h5,8-9,12,14-15,18-19H,6-7H2,1-4H3,(H,24,26)(H,25,27)(H,28,29)/t12-,14-,15-,18+,19-/m1/s1. The van der Waals surface area contributed by atoms with E-state index in [1.807, 2.05) is 20.8 Å². The highest BCUT2D eigenvalue weighted by molar-refractivity contribution is 6.30. The fourth-order valence-electron chi connectivity index (χ4n) is 4.90. The summed E-state index contributed by atoms with van der Waals surface area (Å²) in [6.07, 6.45) is 0.703. The predicted molar refractivity (Wildman–Crippen MR) is 112 cm³/mol. The molecule has 0 spiro atoms. The Hall–Kier alpha value is -2.54. The van der Waals surface area contributed by atoms with E-state index in [1.165, 1.54) is 0 Å². The van der Waals surface area contributed by atoms with Crippen LogP contribution in [0, 0.1) is 30.6 Å². The molecule has 2 saturated carbocycles. The second-order valence-corrected chi connectivity index (χ2v) is 8.72. The summed E-state index contributed by atoms with van der Waals surface area (Å²) < 4.78 is 5.65. The Kier molecular flexibility index (Phi) is 6.41. The molecule has 0 radical (unpaired) electrons. The third kappa shape index (κ3) is 4.17. The van der Waals surface area contributed by atoms with Crippen molar-refractivity contribution in [2.45, 2.75) is 46.6 Å². The van der Waals surface area contributed by atoms with Crippen LogP contribution in [-0.4, -0.2) is 29.0 Å². The summed E-state index contributed by atoms with van der Waals surface area (Å²) in [5, 5.41) is 10.3. The van der Waals surface area contributed by atoms with Crippen LogP contribution in [0.4, 0.5) is 0 Å². The maximum atomic E-state index is 12.8. The van der Waals surface area contributed by atoms with Gasteiger partial charge in [-0.3, -0.25) is 25.2 Å². The lowest BCUT2D eigenvalue weighted by molar-refractivity contribution is -0.150. The number of carboxylic acids is 1. The Balaban J connectivity index is 1.64. The fraction of sp³-hybridized carbons (Fsp3) is 0.500. The summed E-state index contributed by atoms with van der Waals surface area (Å²) in [5.74, 6) is -3.13. The zero-order valence-electron chi connectivity index (χ0n) is 17.5. The normalized spacial score (nSPS) is 25.6. The number of allylic oxidation sites excluding steroid dienone is 2. The van der Waals surface area contributed by atoms with Crippen LogP contribution < -0.4 is 15.6 Å². The van der Waals surface area contributed by atoms with E-state index in [9.17, 15) is 19.5 Å². The second kappa shape index (κ2) is 8.68. The highest BCUT2D eigenvalue weighted by Gasteiger charge is 2.57. The number of fused-ring (bicyclic) bond motifs is 2. The minimum Gasteiger partial charge on any atom is -0.481 e. The van der Waals surface area contributed by atoms with Gasteiger partial charge < -0.3 is 9.84 Å². The molecule has 162 valence electrons. The first-order chi connectivity index (χ1) is 14.1. The van der Waals surface area contributed by atoms with Crippen molar-refractivity contribution in [2.75, 3.05) is 0 Å². The van der Waals surface area contributed by atoms with E-state index in [0.29, 0.717) is 10.8 Å². The molecule has 1 aromatic carbocycles. The van der Waals surface area contributed by atoms with Crippen LogP contribution in [0.15, 0.2) is 29.3 Å². The van der Waals surface area contributed by atoms with E-state index in [4.69, 9.17) is 16.3 Å². The Morgan fingerprint density at radius 2 is 1.77 bits per heavy atom. The summed E-state index contributed by atoms with van der Waals surface area (Å²) in [5.41, 5.74) is 7.74. The Labute approximate surface area is 180 Å². The van der Waals surface area contributed by atoms with Gasteiger partial charge in [-0.15, -0.1) is 0 Å². The molecule has 2 aliphatic rings. The highest BCUT2D eigenvalue weighted by Crippen LogP contribution is 2.57. The predicted octanol–water partition coefficient (Wildman–Crippen LogP) is 3.26. The van der Waals surface area contributed by atoms with E-state index >= 15 is 0 Å². The quantitative estimate of drug-likeness (QED) is 0.487. The number of benzene rings is 1. The van der Waals surface area contributed by atoms with E-state index in [0.717, 1.165) is 29.6 Å². The van der Waals surface area contributed by atoms with Gasteiger partial charge in [0.15, 0.2) is 6.10 Å². The summed E-state index contributed by atoms with van der Waals surface area (Å²) in [6.45, 7) is 7.29. The topological polar surface area (TPSA) is 105 Å². The van der Waals surface area contributed by atoms with Crippen LogP contribution >= 0.6 is 11.6 Å². The summed E-state index contributed by atoms with van der Waals surface area (Å²) in [4.78, 5) is 37.1. The largest absolute Gasteiger partial charge is 0.481 e. The molecule has 30 heavy (non-hydrogen) atoms. The molecule has 5 atom stereocenters. The maximum absolute atomic E-state index is 12.8. The van der Waals surface area contributed by atoms with Crippen LogP contribution in [0.25, 0.3) is 0 Å². The highest BCUT2D eigenvalue weighted by atomic mass is 35.5. The van der Waals surface area contributed by atoms with Crippen LogP contribution in [-0.2, 0) is 14.4 Å². The molecule has 2 bridgehead atoms. The number of halogens is 1. The lowest BCUT2D eigenvalue weighted by Gasteiger charge is -2.26. The molecule has 0 aromatic heterocycles. The van der Waals surface area contributed by atoms with Crippen LogP contribution in [0.1, 0.15) is 39.2 Å². The van der Waals surface area contributed by atoms with Crippen LogP contribution in [0.2, 0.25) is 5.02 Å². The third-order valence-corrected chi connectivity index (χ3v) is 6.36. The van der Waals surface area contributed by atoms with Crippen molar-refractivity contribution < 1.29 is 24.2 Å². The first kappa shape index (κ1) is 22.2. The van der Waals surface area contributed by atoms with Gasteiger partial charge in [-0.05, 0) is 76.1 Å². The number of carbonyl (C=O) groups excluding carboxylic acids is 2. The van der Waals surface area contributed by atoms with Gasteiger partial charge in [0, 0.05) is 5.02 Å². The molecule has 2 amide bonds. The summed E-state index contributed by atoms with van der Waals surface area (Å²) >= 11 is 5.93. The van der Waals surface area contributed by atoms with Crippen molar-refractivity contribution in [1.29, 1.82) is 0 Å². The summed E-state index contributed by atoms with van der Waals surface area (Å²) in [7, 11) is 0. The average Bonchev–Trinajstić information content (AvgIpc) is 3.24. The number of amides is 2. The number of carbonyl (C=O) groups is 3. The SMILES string of the molecule is CC(C)=C1[C@H]2CC[C@H]1[C@@H](C(=O)O)[C@H]2C(=O)NNC(=O)[C@@H](C)Oc1ccc(Cl)cc1C. The van der Waals surface area contributed by atoms with Crippen molar-refractivity contribution in [3.63, 3.8) is 0 Å². The molecule has 0 saturated heterocycles. The molecule has 2 aliphatic carbocycles. The minimum absolute atomic E-state index is 0.0941. The fourth-order valence-corrected chi connectivity index (χ4v) is 5.13. The van der Waals surface area contributed by atoms with E-state index in [-0.39, 0.29) is 11.8 Å². The second-order valence-electron chi connectivity index (χ2n) is 8.28. The first-order valence-electron chi connectivity index (χ1n) is 10.0. The maximum Gasteiger partial charge on any atom is 0.307 e. The van der Waals surface area contributed by atoms with Gasteiger partial charge in [0.2, 0.25) is 5.91 Å². The van der Waals surface area contributed by atoms with Crippen molar-refractivity contribution in [1.82, 2.24) is 10.9 Å². The zero-order chi connectivity index (χ0) is 22.2. The minimum atomic E-state index is -0.970. The van der Waals surface area contributed by atoms with Crippen LogP contribution in [0.3, 0.4) is 0 Å². The Morgan fingerprint density at radius 1 is 1.13 bits per heavy atom. The monoisotopic (exact) mass is 434 g/mol. The van der Waals surface area contributed by atoms with Gasteiger partial charge in [-0.25, -0.2) is 0 Å². The molecule has 7 nitrogen and oxygen atoms in total. The molecule has 0 unspecified atom stereocenters. The number of nitrogens with one attached hydrogen (secondary N) is 2. The number of aryl methyl sites for hydroxylation is 1. The molecule has 3 rings (SSSR count). The number of rotatable bonds is 5. The number of hydrogen-bond donors (Lipinski definition) is 3. The molecule has 0 aliphatic heterocycles. The smallest absolute Gasteiger partial charge is 0.307 e. The van der Waals surface area contributed by atoms with E-state index in [1.54, 1.807) is 25.1 Å².